The highest BCUT2D eigenvalue weighted by molar-refractivity contribution is 6.34. The van der Waals surface area contributed by atoms with E-state index in [0.717, 1.165) is 28.5 Å². The number of hydrogen-bond acceptors (Lipinski definition) is 4. The smallest absolute Gasteiger partial charge is 0.271 e. The number of carbonyl (C=O) groups excluding carboxylic acids is 1. The van der Waals surface area contributed by atoms with Gasteiger partial charge in [0.15, 0.2) is 0 Å². The molecular weight excluding hydrogens is 488 g/mol. The number of benzene rings is 2. The van der Waals surface area contributed by atoms with Crippen LogP contribution in [0.4, 0.5) is 20.2 Å². The van der Waals surface area contributed by atoms with E-state index in [-0.39, 0.29) is 40.5 Å². The molecule has 1 saturated heterocycles. The highest BCUT2D eigenvalue weighted by Gasteiger charge is 2.28. The number of aryl methyl sites for hydroxylation is 2. The van der Waals surface area contributed by atoms with Crippen molar-refractivity contribution < 1.29 is 18.3 Å². The molecule has 1 fully saturated rings. The van der Waals surface area contributed by atoms with Crippen molar-refractivity contribution in [3.05, 3.63) is 86.5 Å². The molecule has 4 rings (SSSR count). The average molecular weight is 516 g/mol. The van der Waals surface area contributed by atoms with Crippen molar-refractivity contribution in [1.82, 2.24) is 9.47 Å². The molecule has 6 nitrogen and oxygen atoms in total. The second-order valence-electron chi connectivity index (χ2n) is 8.84. The van der Waals surface area contributed by atoms with Gasteiger partial charge in [-0.1, -0.05) is 23.7 Å². The number of rotatable bonds is 7. The number of halogens is 3. The summed E-state index contributed by atoms with van der Waals surface area (Å²) in [5.74, 6) is 0.315. The van der Waals surface area contributed by atoms with Gasteiger partial charge in [-0.3, -0.25) is 9.59 Å². The molecule has 0 atom stereocenters. The summed E-state index contributed by atoms with van der Waals surface area (Å²) >= 11 is 6.45. The molecule has 1 aliphatic rings. The van der Waals surface area contributed by atoms with Crippen LogP contribution in [0.5, 0.6) is 5.75 Å². The third-order valence-corrected chi connectivity index (χ3v) is 6.95. The van der Waals surface area contributed by atoms with Gasteiger partial charge in [0.2, 0.25) is 0 Å². The van der Waals surface area contributed by atoms with Crippen LogP contribution < -0.4 is 15.6 Å². The Morgan fingerprint density at radius 1 is 1.17 bits per heavy atom. The number of amides is 1. The van der Waals surface area contributed by atoms with E-state index in [0.29, 0.717) is 24.5 Å². The van der Waals surface area contributed by atoms with Crippen LogP contribution in [0.3, 0.4) is 0 Å². The number of piperidine rings is 1. The Bertz CT molecular complexity index is 1300. The zero-order chi connectivity index (χ0) is 25.8. The third-order valence-electron chi connectivity index (χ3n) is 6.60. The standard InChI is InChI=1S/C27H28ClF2N3O3/c1-17-15-21(36-2)7-8-23(17)31-25-22(16-33(14-11-29)27(35)24(25)28)26(34)32-12-9-19(10-13-32)18-3-5-20(30)6-4-18/h3-8,15-16,19,31H,9-14H2,1-2H3. The van der Waals surface area contributed by atoms with E-state index >= 15 is 0 Å². The molecule has 9 heteroatoms. The van der Waals surface area contributed by atoms with E-state index in [4.69, 9.17) is 16.3 Å². The lowest BCUT2D eigenvalue weighted by atomic mass is 9.89. The first-order valence-electron chi connectivity index (χ1n) is 11.8. The fraction of sp³-hybridized carbons (Fsp3) is 0.333. The Hall–Kier alpha value is -3.39. The number of aromatic nitrogens is 1. The molecule has 0 spiro atoms. The van der Waals surface area contributed by atoms with Gasteiger partial charge in [-0.2, -0.15) is 0 Å². The van der Waals surface area contributed by atoms with E-state index in [2.05, 4.69) is 5.32 Å². The van der Waals surface area contributed by atoms with Gasteiger partial charge in [-0.25, -0.2) is 8.78 Å². The number of likely N-dealkylation sites (tertiary alicyclic amines) is 1. The quantitative estimate of drug-likeness (QED) is 0.439. The topological polar surface area (TPSA) is 63.6 Å². The number of carbonyl (C=O) groups is 1. The number of methoxy groups -OCH3 is 1. The molecule has 0 radical (unpaired) electrons. The minimum absolute atomic E-state index is 0.175. The summed E-state index contributed by atoms with van der Waals surface area (Å²) in [4.78, 5) is 28.1. The SMILES string of the molecule is COc1ccc(Nc2c(C(=O)N3CCC(c4ccc(F)cc4)CC3)cn(CCF)c(=O)c2Cl)c(C)c1. The van der Waals surface area contributed by atoms with Gasteiger partial charge in [0.25, 0.3) is 11.5 Å². The van der Waals surface area contributed by atoms with Gasteiger partial charge in [-0.05, 0) is 67.1 Å². The number of nitrogens with zero attached hydrogens (tertiary/aromatic N) is 2. The van der Waals surface area contributed by atoms with Gasteiger partial charge in [-0.15, -0.1) is 0 Å². The molecule has 1 aliphatic heterocycles. The summed E-state index contributed by atoms with van der Waals surface area (Å²) in [5, 5.41) is 2.98. The first kappa shape index (κ1) is 25.7. The summed E-state index contributed by atoms with van der Waals surface area (Å²) in [5.41, 5.74) is 2.34. The van der Waals surface area contributed by atoms with E-state index in [1.54, 1.807) is 36.3 Å². The molecule has 0 aliphatic carbocycles. The van der Waals surface area contributed by atoms with Crippen molar-refractivity contribution in [2.45, 2.75) is 32.2 Å². The van der Waals surface area contributed by atoms with Gasteiger partial charge >= 0.3 is 0 Å². The third kappa shape index (κ3) is 5.38. The van der Waals surface area contributed by atoms with Gasteiger partial charge in [0, 0.05) is 25.0 Å². The second-order valence-corrected chi connectivity index (χ2v) is 9.22. The zero-order valence-corrected chi connectivity index (χ0v) is 20.9. The lowest BCUT2D eigenvalue weighted by Crippen LogP contribution is -2.39. The Kier molecular flexibility index (Phi) is 7.94. The van der Waals surface area contributed by atoms with Crippen molar-refractivity contribution >= 4 is 28.9 Å². The lowest BCUT2D eigenvalue weighted by Gasteiger charge is -2.33. The normalized spacial score (nSPS) is 14.1. The molecule has 1 amide bonds. The van der Waals surface area contributed by atoms with Crippen molar-refractivity contribution in [2.24, 2.45) is 0 Å². The fourth-order valence-electron chi connectivity index (χ4n) is 4.53. The first-order valence-corrected chi connectivity index (χ1v) is 12.2. The number of nitrogens with one attached hydrogen (secondary N) is 1. The molecule has 1 N–H and O–H groups in total. The molecule has 3 aromatic rings. The van der Waals surface area contributed by atoms with Gasteiger partial charge in [0.1, 0.15) is 23.3 Å². The predicted molar refractivity (Wildman–Crippen MR) is 137 cm³/mol. The first-order chi connectivity index (χ1) is 17.3. The number of hydrogen-bond donors (Lipinski definition) is 1. The average Bonchev–Trinajstić information content (AvgIpc) is 2.89. The van der Waals surface area contributed by atoms with E-state index < -0.39 is 12.2 Å². The molecule has 0 bridgehead atoms. The summed E-state index contributed by atoms with van der Waals surface area (Å²) in [6.07, 6.45) is 2.81. The highest BCUT2D eigenvalue weighted by Crippen LogP contribution is 2.33. The second kappa shape index (κ2) is 11.1. The van der Waals surface area contributed by atoms with E-state index in [1.165, 1.54) is 18.3 Å². The van der Waals surface area contributed by atoms with Gasteiger partial charge in [0.05, 0.1) is 24.9 Å². The number of pyridine rings is 1. The maximum absolute atomic E-state index is 13.7. The fourth-order valence-corrected chi connectivity index (χ4v) is 4.79. The van der Waals surface area contributed by atoms with Crippen LogP contribution in [0.15, 0.2) is 53.5 Å². The van der Waals surface area contributed by atoms with Crippen LogP contribution in [0.2, 0.25) is 5.02 Å². The maximum atomic E-state index is 13.7. The zero-order valence-electron chi connectivity index (χ0n) is 20.2. The highest BCUT2D eigenvalue weighted by atomic mass is 35.5. The Balaban J connectivity index is 1.63. The molecule has 190 valence electrons. The maximum Gasteiger partial charge on any atom is 0.271 e. The largest absolute Gasteiger partial charge is 0.497 e. The minimum atomic E-state index is -0.767. The summed E-state index contributed by atoms with van der Waals surface area (Å²) in [7, 11) is 1.57. The van der Waals surface area contributed by atoms with Crippen LogP contribution in [-0.4, -0.2) is 42.2 Å². The Morgan fingerprint density at radius 2 is 1.86 bits per heavy atom. The molecule has 36 heavy (non-hydrogen) atoms. The lowest BCUT2D eigenvalue weighted by molar-refractivity contribution is 0.0713. The van der Waals surface area contributed by atoms with Crippen molar-refractivity contribution in [3.63, 3.8) is 0 Å². The van der Waals surface area contributed by atoms with Crippen LogP contribution in [0.1, 0.15) is 40.2 Å². The summed E-state index contributed by atoms with van der Waals surface area (Å²) in [6, 6.07) is 11.8. The van der Waals surface area contributed by atoms with Crippen LogP contribution in [0, 0.1) is 12.7 Å². The Morgan fingerprint density at radius 3 is 2.47 bits per heavy atom. The van der Waals surface area contributed by atoms with Gasteiger partial charge < -0.3 is 19.5 Å². The van der Waals surface area contributed by atoms with E-state index in [1.807, 2.05) is 13.0 Å². The van der Waals surface area contributed by atoms with E-state index in [9.17, 15) is 18.4 Å². The van der Waals surface area contributed by atoms with Crippen molar-refractivity contribution in [3.8, 4) is 5.75 Å². The molecule has 2 aromatic carbocycles. The van der Waals surface area contributed by atoms with Crippen LogP contribution in [0.25, 0.3) is 0 Å². The predicted octanol–water partition coefficient (Wildman–Crippen LogP) is 5.69. The van der Waals surface area contributed by atoms with Crippen molar-refractivity contribution in [2.75, 3.05) is 32.2 Å². The number of alkyl halides is 1. The Labute approximate surface area is 213 Å². The molecular formula is C27H28ClF2N3O3. The molecule has 2 heterocycles. The molecule has 1 aromatic heterocycles. The monoisotopic (exact) mass is 515 g/mol. The molecule has 0 unspecified atom stereocenters. The number of anilines is 2. The van der Waals surface area contributed by atoms with Crippen LogP contribution in [-0.2, 0) is 6.54 Å². The van der Waals surface area contributed by atoms with Crippen molar-refractivity contribution in [1.29, 1.82) is 0 Å². The molecule has 0 saturated carbocycles. The van der Waals surface area contributed by atoms with Crippen LogP contribution >= 0.6 is 11.6 Å². The minimum Gasteiger partial charge on any atom is -0.497 e. The summed E-state index contributed by atoms with van der Waals surface area (Å²) in [6.45, 7) is 1.87. The number of ether oxygens (including phenoxy) is 1. The summed E-state index contributed by atoms with van der Waals surface area (Å²) < 4.78 is 32.8.